The van der Waals surface area contributed by atoms with Crippen LogP contribution in [0.1, 0.15) is 46.5 Å². The minimum atomic E-state index is -0.306. The van der Waals surface area contributed by atoms with Crippen LogP contribution in [0.3, 0.4) is 0 Å². The van der Waals surface area contributed by atoms with E-state index in [4.69, 9.17) is 21.7 Å². The Bertz CT molecular complexity index is 833. The van der Waals surface area contributed by atoms with Crippen molar-refractivity contribution in [1.29, 1.82) is 0 Å². The van der Waals surface area contributed by atoms with Gasteiger partial charge in [-0.05, 0) is 55.6 Å². The number of hydrogen-bond acceptors (Lipinski definition) is 5. The van der Waals surface area contributed by atoms with Gasteiger partial charge in [-0.3, -0.25) is 0 Å². The number of thiocarbonyl (C=S) groups is 1. The van der Waals surface area contributed by atoms with Crippen molar-refractivity contribution in [3.63, 3.8) is 0 Å². The van der Waals surface area contributed by atoms with Crippen LogP contribution in [0.2, 0.25) is 0 Å². The zero-order valence-corrected chi connectivity index (χ0v) is 17.2. The second-order valence-electron chi connectivity index (χ2n) is 6.42. The number of carbonyl (C=O) groups excluding carboxylic acids is 1. The van der Waals surface area contributed by atoms with Crippen LogP contribution in [0.15, 0.2) is 24.3 Å². The quantitative estimate of drug-likeness (QED) is 0.552. The largest absolute Gasteiger partial charge is 0.497 e. The zero-order chi connectivity index (χ0) is 19.2. The molecule has 1 aliphatic carbocycles. The lowest BCUT2D eigenvalue weighted by molar-refractivity contribution is 0.0601. The summed E-state index contributed by atoms with van der Waals surface area (Å²) in [7, 11) is 3.05. The third-order valence-electron chi connectivity index (χ3n) is 4.62. The summed E-state index contributed by atoms with van der Waals surface area (Å²) < 4.78 is 10.3. The van der Waals surface area contributed by atoms with Crippen molar-refractivity contribution >= 4 is 45.3 Å². The van der Waals surface area contributed by atoms with Crippen LogP contribution in [0.5, 0.6) is 5.75 Å². The van der Waals surface area contributed by atoms with Gasteiger partial charge in [0.25, 0.3) is 0 Å². The van der Waals surface area contributed by atoms with E-state index in [0.29, 0.717) is 10.7 Å². The number of ether oxygens (including phenoxy) is 2. The van der Waals surface area contributed by atoms with Crippen molar-refractivity contribution in [3.8, 4) is 5.75 Å². The molecule has 7 heteroatoms. The predicted octanol–water partition coefficient (Wildman–Crippen LogP) is 5.01. The van der Waals surface area contributed by atoms with E-state index >= 15 is 0 Å². The number of fused-ring (bicyclic) bond motifs is 1. The molecule has 0 spiro atoms. The Morgan fingerprint density at radius 2 is 1.89 bits per heavy atom. The number of nitrogens with one attached hydrogen (secondary N) is 2. The molecule has 5 nitrogen and oxygen atoms in total. The number of methoxy groups -OCH3 is 2. The fourth-order valence-corrected chi connectivity index (χ4v) is 4.86. The monoisotopic (exact) mass is 404 g/mol. The van der Waals surface area contributed by atoms with Crippen LogP contribution in [0.25, 0.3) is 0 Å². The number of benzene rings is 1. The van der Waals surface area contributed by atoms with Gasteiger partial charge >= 0.3 is 5.97 Å². The topological polar surface area (TPSA) is 59.6 Å². The van der Waals surface area contributed by atoms with Gasteiger partial charge < -0.3 is 20.1 Å². The van der Waals surface area contributed by atoms with Gasteiger partial charge in [-0.25, -0.2) is 4.79 Å². The van der Waals surface area contributed by atoms with Gasteiger partial charge in [0.1, 0.15) is 10.8 Å². The number of aryl methyl sites for hydroxylation is 1. The van der Waals surface area contributed by atoms with Crippen molar-refractivity contribution in [3.05, 3.63) is 40.3 Å². The number of anilines is 2. The van der Waals surface area contributed by atoms with Gasteiger partial charge in [-0.2, -0.15) is 0 Å². The maximum absolute atomic E-state index is 12.5. The number of rotatable bonds is 4. The van der Waals surface area contributed by atoms with Crippen LogP contribution in [0.4, 0.5) is 10.7 Å². The maximum atomic E-state index is 12.5. The Morgan fingerprint density at radius 1 is 1.11 bits per heavy atom. The highest BCUT2D eigenvalue weighted by atomic mass is 32.1. The van der Waals surface area contributed by atoms with Crippen LogP contribution in [-0.4, -0.2) is 25.3 Å². The first kappa shape index (κ1) is 19.6. The highest BCUT2D eigenvalue weighted by molar-refractivity contribution is 7.80. The summed E-state index contributed by atoms with van der Waals surface area (Å²) in [5.41, 5.74) is 2.58. The minimum absolute atomic E-state index is 0.306. The minimum Gasteiger partial charge on any atom is -0.497 e. The molecule has 1 heterocycles. The number of carbonyl (C=O) groups is 1. The molecule has 1 aliphatic rings. The van der Waals surface area contributed by atoms with Gasteiger partial charge in [0.05, 0.1) is 19.8 Å². The molecule has 3 rings (SSSR count). The van der Waals surface area contributed by atoms with Gasteiger partial charge in [-0.15, -0.1) is 11.3 Å². The zero-order valence-electron chi connectivity index (χ0n) is 15.6. The molecule has 0 atom stereocenters. The molecule has 2 aromatic rings. The van der Waals surface area contributed by atoms with E-state index in [0.717, 1.165) is 47.7 Å². The van der Waals surface area contributed by atoms with Crippen molar-refractivity contribution in [1.82, 2.24) is 0 Å². The first-order valence-electron chi connectivity index (χ1n) is 9.07. The molecule has 0 fully saturated rings. The summed E-state index contributed by atoms with van der Waals surface area (Å²) in [6, 6.07) is 7.53. The van der Waals surface area contributed by atoms with Gasteiger partial charge in [0, 0.05) is 16.6 Å². The fraction of sp³-hybridized carbons (Fsp3) is 0.400. The van der Waals surface area contributed by atoms with E-state index in [9.17, 15) is 4.79 Å². The summed E-state index contributed by atoms with van der Waals surface area (Å²) in [5.74, 6) is 0.442. The second-order valence-corrected chi connectivity index (χ2v) is 7.94. The number of esters is 1. The standard InChI is InChI=1S/C20H24N2O3S2/c1-24-14-9-7-8-13(12-14)21-20(26)22-18-17(19(23)25-2)15-10-5-3-4-6-11-16(15)27-18/h7-9,12H,3-6,10-11H2,1-2H3,(H2,21,22,26). The van der Waals surface area contributed by atoms with Gasteiger partial charge in [0.15, 0.2) is 5.11 Å². The van der Waals surface area contributed by atoms with Gasteiger partial charge in [0.2, 0.25) is 0 Å². The van der Waals surface area contributed by atoms with E-state index in [1.165, 1.54) is 24.8 Å². The molecular formula is C20H24N2O3S2. The van der Waals surface area contributed by atoms with E-state index in [-0.39, 0.29) is 5.97 Å². The van der Waals surface area contributed by atoms with Crippen molar-refractivity contribution < 1.29 is 14.3 Å². The number of hydrogen-bond donors (Lipinski definition) is 2. The molecule has 0 unspecified atom stereocenters. The Kier molecular flexibility index (Phi) is 6.68. The normalized spacial score (nSPS) is 13.7. The first-order chi connectivity index (χ1) is 13.1. The molecule has 0 bridgehead atoms. The smallest absolute Gasteiger partial charge is 0.341 e. The average molecular weight is 405 g/mol. The molecule has 0 radical (unpaired) electrons. The predicted molar refractivity (Wildman–Crippen MR) is 114 cm³/mol. The molecule has 27 heavy (non-hydrogen) atoms. The average Bonchev–Trinajstić information content (AvgIpc) is 2.97. The maximum Gasteiger partial charge on any atom is 0.341 e. The first-order valence-corrected chi connectivity index (χ1v) is 10.3. The van der Waals surface area contributed by atoms with E-state index in [1.807, 2.05) is 24.3 Å². The molecule has 0 saturated carbocycles. The summed E-state index contributed by atoms with van der Waals surface area (Å²) in [5, 5.41) is 7.55. The lowest BCUT2D eigenvalue weighted by Crippen LogP contribution is -2.20. The van der Waals surface area contributed by atoms with E-state index in [2.05, 4.69) is 10.6 Å². The summed E-state index contributed by atoms with van der Waals surface area (Å²) >= 11 is 7.08. The second kappa shape index (κ2) is 9.19. The third kappa shape index (κ3) is 4.78. The third-order valence-corrected chi connectivity index (χ3v) is 6.03. The fourth-order valence-electron chi connectivity index (χ4n) is 3.29. The van der Waals surface area contributed by atoms with Gasteiger partial charge in [-0.1, -0.05) is 18.9 Å². The molecule has 2 N–H and O–H groups in total. The Balaban J connectivity index is 1.83. The lowest BCUT2D eigenvalue weighted by atomic mass is 9.96. The molecule has 0 amide bonds. The Hall–Kier alpha value is -2.12. The van der Waals surface area contributed by atoms with Crippen LogP contribution in [-0.2, 0) is 17.6 Å². The highest BCUT2D eigenvalue weighted by Crippen LogP contribution is 2.37. The summed E-state index contributed by atoms with van der Waals surface area (Å²) in [4.78, 5) is 13.7. The Morgan fingerprint density at radius 3 is 2.63 bits per heavy atom. The van der Waals surface area contributed by atoms with Crippen molar-refractivity contribution in [2.24, 2.45) is 0 Å². The van der Waals surface area contributed by atoms with E-state index < -0.39 is 0 Å². The van der Waals surface area contributed by atoms with Crippen molar-refractivity contribution in [2.75, 3.05) is 24.9 Å². The van der Waals surface area contributed by atoms with Crippen molar-refractivity contribution in [2.45, 2.75) is 38.5 Å². The van der Waals surface area contributed by atoms with Crippen LogP contribution < -0.4 is 15.4 Å². The molecule has 1 aromatic carbocycles. The van der Waals surface area contributed by atoms with Crippen LogP contribution in [0, 0.1) is 0 Å². The molecule has 144 valence electrons. The van der Waals surface area contributed by atoms with Crippen LogP contribution >= 0.6 is 23.6 Å². The molecule has 0 saturated heterocycles. The summed E-state index contributed by atoms with van der Waals surface area (Å²) in [6.07, 6.45) is 6.60. The molecule has 0 aliphatic heterocycles. The SMILES string of the molecule is COC(=O)c1c(NC(=S)Nc2cccc(OC)c2)sc2c1CCCCCC2. The molecule has 1 aromatic heterocycles. The number of thiophene rings is 1. The summed E-state index contributed by atoms with van der Waals surface area (Å²) in [6.45, 7) is 0. The molecular weight excluding hydrogens is 380 g/mol. The Labute approximate surface area is 169 Å². The lowest BCUT2D eigenvalue weighted by Gasteiger charge is -2.12. The van der Waals surface area contributed by atoms with E-state index in [1.54, 1.807) is 18.4 Å². The highest BCUT2D eigenvalue weighted by Gasteiger charge is 2.25.